The Kier molecular flexibility index (Phi) is 5.64. The topological polar surface area (TPSA) is 44.8 Å². The lowest BCUT2D eigenvalue weighted by molar-refractivity contribution is -0.0484. The van der Waals surface area contributed by atoms with Crippen molar-refractivity contribution in [3.8, 4) is 0 Å². The third-order valence-electron chi connectivity index (χ3n) is 5.85. The SMILES string of the molecule is Cc1ccc(CN2CCC3(CCOCC3NC(=O)N(C)C)CC2)cc1. The number of likely N-dealkylation sites (tertiary alicyclic amines) is 1. The van der Waals surface area contributed by atoms with Gasteiger partial charge in [-0.1, -0.05) is 29.8 Å². The van der Waals surface area contributed by atoms with Crippen LogP contribution in [0.5, 0.6) is 0 Å². The van der Waals surface area contributed by atoms with Gasteiger partial charge in [0.2, 0.25) is 0 Å². The molecule has 0 bridgehead atoms. The van der Waals surface area contributed by atoms with E-state index in [-0.39, 0.29) is 17.5 Å². The van der Waals surface area contributed by atoms with Gasteiger partial charge >= 0.3 is 6.03 Å². The number of carbonyl (C=O) groups excluding carboxylic acids is 1. The zero-order chi connectivity index (χ0) is 17.9. The molecule has 2 aliphatic heterocycles. The van der Waals surface area contributed by atoms with E-state index in [0.29, 0.717) is 6.61 Å². The molecule has 5 heteroatoms. The molecule has 2 fully saturated rings. The fourth-order valence-electron chi connectivity index (χ4n) is 4.01. The van der Waals surface area contributed by atoms with Crippen LogP contribution in [-0.4, -0.2) is 62.3 Å². The predicted octanol–water partition coefficient (Wildman–Crippen LogP) is 2.64. The number of ether oxygens (including phenoxy) is 1. The van der Waals surface area contributed by atoms with E-state index in [1.165, 1.54) is 11.1 Å². The Bertz CT molecular complexity index is 577. The number of hydrogen-bond donors (Lipinski definition) is 1. The average molecular weight is 345 g/mol. The van der Waals surface area contributed by atoms with Gasteiger partial charge in [-0.3, -0.25) is 4.90 Å². The molecule has 2 amide bonds. The first-order valence-corrected chi connectivity index (χ1v) is 9.32. The van der Waals surface area contributed by atoms with Gasteiger partial charge in [0, 0.05) is 27.2 Å². The number of amides is 2. The monoisotopic (exact) mass is 345 g/mol. The molecule has 1 aromatic carbocycles. The highest BCUT2D eigenvalue weighted by atomic mass is 16.5. The molecule has 0 aromatic heterocycles. The summed E-state index contributed by atoms with van der Waals surface area (Å²) in [7, 11) is 3.58. The molecule has 138 valence electrons. The second-order valence-electron chi connectivity index (χ2n) is 7.85. The Morgan fingerprint density at radius 1 is 1.24 bits per heavy atom. The van der Waals surface area contributed by atoms with Crippen molar-refractivity contribution in [2.24, 2.45) is 5.41 Å². The predicted molar refractivity (Wildman–Crippen MR) is 99.6 cm³/mol. The van der Waals surface area contributed by atoms with Crippen molar-refractivity contribution in [2.75, 3.05) is 40.4 Å². The Morgan fingerprint density at radius 3 is 2.56 bits per heavy atom. The maximum atomic E-state index is 12.1. The number of carbonyl (C=O) groups is 1. The molecule has 0 aliphatic carbocycles. The number of urea groups is 1. The van der Waals surface area contributed by atoms with Crippen LogP contribution >= 0.6 is 0 Å². The fraction of sp³-hybridized carbons (Fsp3) is 0.650. The van der Waals surface area contributed by atoms with Crippen LogP contribution < -0.4 is 5.32 Å². The number of nitrogens with one attached hydrogen (secondary N) is 1. The lowest BCUT2D eigenvalue weighted by atomic mass is 9.69. The molecular weight excluding hydrogens is 314 g/mol. The van der Waals surface area contributed by atoms with Gasteiger partial charge < -0.3 is 15.0 Å². The van der Waals surface area contributed by atoms with Crippen LogP contribution in [0.25, 0.3) is 0 Å². The van der Waals surface area contributed by atoms with E-state index < -0.39 is 0 Å². The van der Waals surface area contributed by atoms with Crippen LogP contribution in [0.15, 0.2) is 24.3 Å². The molecule has 2 aliphatic rings. The first kappa shape index (κ1) is 18.2. The number of piperidine rings is 1. The van der Waals surface area contributed by atoms with Gasteiger partial charge in [-0.15, -0.1) is 0 Å². The van der Waals surface area contributed by atoms with Crippen molar-refractivity contribution in [1.29, 1.82) is 0 Å². The molecule has 1 aromatic rings. The first-order chi connectivity index (χ1) is 12.0. The fourth-order valence-corrected chi connectivity index (χ4v) is 4.01. The lowest BCUT2D eigenvalue weighted by Gasteiger charge is -2.49. The Balaban J connectivity index is 1.59. The zero-order valence-corrected chi connectivity index (χ0v) is 15.8. The summed E-state index contributed by atoms with van der Waals surface area (Å²) in [6.07, 6.45) is 3.30. The molecule has 5 nitrogen and oxygen atoms in total. The maximum Gasteiger partial charge on any atom is 0.317 e. The number of nitrogens with zero attached hydrogens (tertiary/aromatic N) is 2. The molecule has 3 rings (SSSR count). The van der Waals surface area contributed by atoms with Gasteiger partial charge in [0.05, 0.1) is 12.6 Å². The molecule has 25 heavy (non-hydrogen) atoms. The Morgan fingerprint density at radius 2 is 1.92 bits per heavy atom. The highest BCUT2D eigenvalue weighted by molar-refractivity contribution is 5.74. The largest absolute Gasteiger partial charge is 0.379 e. The van der Waals surface area contributed by atoms with E-state index in [9.17, 15) is 4.79 Å². The van der Waals surface area contributed by atoms with Crippen LogP contribution in [0.3, 0.4) is 0 Å². The summed E-state index contributed by atoms with van der Waals surface area (Å²) in [4.78, 5) is 16.3. The molecule has 1 spiro atoms. The van der Waals surface area contributed by atoms with Crippen LogP contribution in [-0.2, 0) is 11.3 Å². The quantitative estimate of drug-likeness (QED) is 0.916. The third kappa shape index (κ3) is 4.33. The number of rotatable bonds is 3. The van der Waals surface area contributed by atoms with Crippen molar-refractivity contribution in [3.63, 3.8) is 0 Å². The first-order valence-electron chi connectivity index (χ1n) is 9.32. The van der Waals surface area contributed by atoms with Gasteiger partial charge in [0.15, 0.2) is 0 Å². The Hall–Kier alpha value is -1.59. The second-order valence-corrected chi connectivity index (χ2v) is 7.85. The molecule has 1 N–H and O–H groups in total. The van der Waals surface area contributed by atoms with Crippen LogP contribution in [0, 0.1) is 12.3 Å². The highest BCUT2D eigenvalue weighted by Gasteiger charge is 2.44. The van der Waals surface area contributed by atoms with E-state index in [2.05, 4.69) is 41.4 Å². The number of benzene rings is 1. The molecule has 1 unspecified atom stereocenters. The van der Waals surface area contributed by atoms with E-state index in [1.807, 2.05) is 0 Å². The van der Waals surface area contributed by atoms with Gasteiger partial charge in [0.25, 0.3) is 0 Å². The minimum Gasteiger partial charge on any atom is -0.379 e. The van der Waals surface area contributed by atoms with Gasteiger partial charge in [0.1, 0.15) is 0 Å². The molecule has 2 saturated heterocycles. The maximum absolute atomic E-state index is 12.1. The summed E-state index contributed by atoms with van der Waals surface area (Å²) in [6.45, 7) is 6.76. The average Bonchev–Trinajstić information content (AvgIpc) is 2.61. The van der Waals surface area contributed by atoms with Gasteiger partial charge in [-0.25, -0.2) is 4.79 Å². The van der Waals surface area contributed by atoms with Crippen molar-refractivity contribution >= 4 is 6.03 Å². The standard InChI is InChI=1S/C20H31N3O2/c1-16-4-6-17(7-5-16)14-23-11-8-20(9-12-23)10-13-25-15-18(20)21-19(24)22(2)3/h4-7,18H,8-15H2,1-3H3,(H,21,24). The smallest absolute Gasteiger partial charge is 0.317 e. The number of aryl methyl sites for hydroxylation is 1. The molecular formula is C20H31N3O2. The summed E-state index contributed by atoms with van der Waals surface area (Å²) < 4.78 is 5.68. The highest BCUT2D eigenvalue weighted by Crippen LogP contribution is 2.41. The van der Waals surface area contributed by atoms with Gasteiger partial charge in [-0.05, 0) is 50.3 Å². The summed E-state index contributed by atoms with van der Waals surface area (Å²) in [6, 6.07) is 8.94. The molecule has 0 radical (unpaired) electrons. The number of hydrogen-bond acceptors (Lipinski definition) is 3. The van der Waals surface area contributed by atoms with Crippen LogP contribution in [0.2, 0.25) is 0 Å². The van der Waals surface area contributed by atoms with Crippen LogP contribution in [0.1, 0.15) is 30.4 Å². The van der Waals surface area contributed by atoms with E-state index in [4.69, 9.17) is 4.74 Å². The van der Waals surface area contributed by atoms with Crippen molar-refractivity contribution in [1.82, 2.24) is 15.1 Å². The zero-order valence-electron chi connectivity index (χ0n) is 15.8. The second kappa shape index (κ2) is 7.75. The summed E-state index contributed by atoms with van der Waals surface area (Å²) in [5.41, 5.74) is 2.88. The lowest BCUT2D eigenvalue weighted by Crippen LogP contribution is -2.58. The van der Waals surface area contributed by atoms with E-state index in [1.54, 1.807) is 19.0 Å². The van der Waals surface area contributed by atoms with Crippen molar-refractivity contribution in [2.45, 2.75) is 38.8 Å². The summed E-state index contributed by atoms with van der Waals surface area (Å²) >= 11 is 0. The van der Waals surface area contributed by atoms with Crippen molar-refractivity contribution in [3.05, 3.63) is 35.4 Å². The van der Waals surface area contributed by atoms with E-state index >= 15 is 0 Å². The minimum absolute atomic E-state index is 0.0167. The summed E-state index contributed by atoms with van der Waals surface area (Å²) in [5.74, 6) is 0. The third-order valence-corrected chi connectivity index (χ3v) is 5.85. The molecule has 0 saturated carbocycles. The minimum atomic E-state index is -0.0167. The molecule has 1 atom stereocenters. The molecule has 2 heterocycles. The van der Waals surface area contributed by atoms with Gasteiger partial charge in [-0.2, -0.15) is 0 Å². The normalized spacial score (nSPS) is 23.4. The van der Waals surface area contributed by atoms with Crippen molar-refractivity contribution < 1.29 is 9.53 Å². The summed E-state index contributed by atoms with van der Waals surface area (Å²) in [5, 5.41) is 3.19. The van der Waals surface area contributed by atoms with Crippen LogP contribution in [0.4, 0.5) is 4.79 Å². The van der Waals surface area contributed by atoms with E-state index in [0.717, 1.165) is 45.5 Å². The Labute approximate surface area is 151 Å².